The van der Waals surface area contributed by atoms with Gasteiger partial charge in [0.2, 0.25) is 29.5 Å². The molecule has 0 fully saturated rings. The second-order valence-electron chi connectivity index (χ2n) is 15.9. The first-order valence-corrected chi connectivity index (χ1v) is 20.1. The van der Waals surface area contributed by atoms with E-state index in [9.17, 15) is 33.9 Å². The summed E-state index contributed by atoms with van der Waals surface area (Å²) in [5.41, 5.74) is -0.767. The van der Waals surface area contributed by atoms with E-state index in [1.807, 2.05) is 40.9 Å². The average molecular weight is 759 g/mol. The Kier molecular flexibility index (Phi) is 22.9. The number of carbonyl (C=O) groups is 6. The summed E-state index contributed by atoms with van der Waals surface area (Å²) in [7, 11) is 0. The van der Waals surface area contributed by atoms with Gasteiger partial charge in [0.25, 0.3) is 0 Å². The normalized spacial score (nSPS) is 15.3. The van der Waals surface area contributed by atoms with Crippen LogP contribution in [0.4, 0.5) is 4.79 Å². The van der Waals surface area contributed by atoms with Gasteiger partial charge in [0, 0.05) is 6.54 Å². The molecular formula is C37H70N6O8S. The van der Waals surface area contributed by atoms with Crippen molar-refractivity contribution in [2.24, 2.45) is 23.7 Å². The van der Waals surface area contributed by atoms with Crippen molar-refractivity contribution < 1.29 is 38.6 Å². The number of hydrogen-bond acceptors (Lipinski definition) is 9. The Balaban J connectivity index is 5.86. The minimum Gasteiger partial charge on any atom is -0.444 e. The third-order valence-electron chi connectivity index (χ3n) is 8.12. The molecule has 0 aliphatic carbocycles. The highest BCUT2D eigenvalue weighted by Crippen LogP contribution is 2.15. The first kappa shape index (κ1) is 48.9. The molecule has 15 heteroatoms. The Morgan fingerprint density at radius 2 is 1.23 bits per heavy atom. The lowest BCUT2D eigenvalue weighted by Gasteiger charge is -2.30. The zero-order chi connectivity index (χ0) is 40.3. The van der Waals surface area contributed by atoms with Gasteiger partial charge in [-0.3, -0.25) is 24.0 Å². The van der Waals surface area contributed by atoms with Crippen molar-refractivity contribution in [3.63, 3.8) is 0 Å². The van der Waals surface area contributed by atoms with Crippen LogP contribution < -0.4 is 31.9 Å². The molecule has 0 saturated carbocycles. The molecule has 0 saturated heterocycles. The SMILES string of the molecule is CCCCNC(=O)[C@@H](NC(=O)[C@@H](NC(=O)C[C@H](O)[C@H](CC(C)C)NC(=O)[C@H](CCSC)NC(=O)[C@@H](NC(=O)OC(C)(C)C)C(C)C)C(C)C)C(C)C. The van der Waals surface area contributed by atoms with Crippen molar-refractivity contribution in [1.82, 2.24) is 31.9 Å². The van der Waals surface area contributed by atoms with Gasteiger partial charge in [0.15, 0.2) is 0 Å². The van der Waals surface area contributed by atoms with Gasteiger partial charge in [-0.2, -0.15) is 11.8 Å². The Bertz CT molecular complexity index is 1140. The number of unbranched alkanes of at least 4 members (excludes halogenated alkanes) is 1. The Morgan fingerprint density at radius 3 is 1.71 bits per heavy atom. The molecule has 0 rings (SSSR count). The van der Waals surface area contributed by atoms with E-state index in [1.54, 1.807) is 48.5 Å². The second-order valence-corrected chi connectivity index (χ2v) is 16.9. The smallest absolute Gasteiger partial charge is 0.408 e. The summed E-state index contributed by atoms with van der Waals surface area (Å²) in [5, 5.41) is 27.8. The third kappa shape index (κ3) is 19.7. The van der Waals surface area contributed by atoms with Crippen LogP contribution >= 0.6 is 11.8 Å². The van der Waals surface area contributed by atoms with E-state index in [0.29, 0.717) is 18.7 Å². The molecule has 0 aliphatic rings. The number of alkyl carbamates (subject to hydrolysis) is 1. The van der Waals surface area contributed by atoms with Crippen molar-refractivity contribution >= 4 is 47.4 Å². The van der Waals surface area contributed by atoms with Crippen molar-refractivity contribution in [2.75, 3.05) is 18.6 Å². The van der Waals surface area contributed by atoms with Crippen molar-refractivity contribution in [1.29, 1.82) is 0 Å². The molecule has 0 bridgehead atoms. The van der Waals surface area contributed by atoms with E-state index in [-0.39, 0.29) is 36.0 Å². The Labute approximate surface area is 316 Å². The summed E-state index contributed by atoms with van der Waals surface area (Å²) in [6.45, 7) is 22.2. The van der Waals surface area contributed by atoms with Gasteiger partial charge in [-0.05, 0) is 75.7 Å². The molecule has 0 aliphatic heterocycles. The quantitative estimate of drug-likeness (QED) is 0.0764. The van der Waals surface area contributed by atoms with Crippen LogP contribution in [-0.4, -0.2) is 101 Å². The molecule has 14 nitrogen and oxygen atoms in total. The molecule has 0 unspecified atom stereocenters. The molecule has 0 aromatic carbocycles. The lowest BCUT2D eigenvalue weighted by molar-refractivity contribution is -0.134. The molecule has 0 spiro atoms. The summed E-state index contributed by atoms with van der Waals surface area (Å²) in [5.74, 6) is -2.78. The van der Waals surface area contributed by atoms with Crippen LogP contribution in [0.15, 0.2) is 0 Å². The first-order valence-electron chi connectivity index (χ1n) is 18.7. The molecule has 302 valence electrons. The zero-order valence-electron chi connectivity index (χ0n) is 33.9. The fourth-order valence-electron chi connectivity index (χ4n) is 5.21. The van der Waals surface area contributed by atoms with Crippen LogP contribution in [-0.2, 0) is 28.7 Å². The van der Waals surface area contributed by atoms with E-state index in [4.69, 9.17) is 4.74 Å². The predicted molar refractivity (Wildman–Crippen MR) is 206 cm³/mol. The minimum atomic E-state index is -1.32. The minimum absolute atomic E-state index is 0.0243. The van der Waals surface area contributed by atoms with Gasteiger partial charge in [-0.15, -0.1) is 0 Å². The van der Waals surface area contributed by atoms with Gasteiger partial charge in [-0.25, -0.2) is 4.79 Å². The lowest BCUT2D eigenvalue weighted by atomic mass is 9.95. The van der Waals surface area contributed by atoms with Crippen LogP contribution in [0.1, 0.15) is 115 Å². The number of amides is 6. The molecule has 0 aromatic heterocycles. The van der Waals surface area contributed by atoms with Crippen LogP contribution in [0.5, 0.6) is 0 Å². The van der Waals surface area contributed by atoms with Crippen molar-refractivity contribution in [2.45, 2.75) is 157 Å². The number of aliphatic hydroxyl groups excluding tert-OH is 1. The Hall–Kier alpha value is -3.07. The van der Waals surface area contributed by atoms with E-state index in [2.05, 4.69) is 31.9 Å². The molecular weight excluding hydrogens is 689 g/mol. The number of nitrogens with one attached hydrogen (secondary N) is 6. The van der Waals surface area contributed by atoms with Crippen LogP contribution in [0.25, 0.3) is 0 Å². The van der Waals surface area contributed by atoms with Gasteiger partial charge in [-0.1, -0.05) is 68.7 Å². The van der Waals surface area contributed by atoms with Gasteiger partial charge in [0.05, 0.1) is 18.6 Å². The van der Waals surface area contributed by atoms with Crippen molar-refractivity contribution in [3.8, 4) is 0 Å². The number of hydrogen-bond donors (Lipinski definition) is 7. The molecule has 6 atom stereocenters. The molecule has 0 aromatic rings. The largest absolute Gasteiger partial charge is 0.444 e. The summed E-state index contributed by atoms with van der Waals surface area (Å²) >= 11 is 1.49. The highest BCUT2D eigenvalue weighted by Gasteiger charge is 2.34. The maximum absolute atomic E-state index is 13.7. The number of aliphatic hydroxyl groups is 1. The molecule has 0 heterocycles. The molecule has 7 N–H and O–H groups in total. The second kappa shape index (κ2) is 24.3. The molecule has 52 heavy (non-hydrogen) atoms. The fourth-order valence-corrected chi connectivity index (χ4v) is 5.69. The van der Waals surface area contributed by atoms with Crippen LogP contribution in [0.2, 0.25) is 0 Å². The highest BCUT2D eigenvalue weighted by atomic mass is 32.2. The standard InChI is InChI=1S/C37H70N6O8S/c1-14-15-17-38-33(47)29(22(4)5)42-35(49)30(23(6)7)41-28(45)20-27(44)26(19-21(2)3)40-32(46)25(16-18-52-13)39-34(48)31(24(8)9)43-36(50)51-37(10,11)12/h21-27,29-31,44H,14-20H2,1-13H3,(H,38,47)(H,39,48)(H,40,46)(H,41,45)(H,42,49)(H,43,50)/t25-,26-,27-,29-,30-,31-/m0/s1. The highest BCUT2D eigenvalue weighted by molar-refractivity contribution is 7.98. The average Bonchev–Trinajstić information content (AvgIpc) is 3.01. The summed E-state index contributed by atoms with van der Waals surface area (Å²) in [6.07, 6.45) is 1.73. The van der Waals surface area contributed by atoms with Gasteiger partial charge in [0.1, 0.15) is 29.8 Å². The number of ether oxygens (including phenoxy) is 1. The Morgan fingerprint density at radius 1 is 0.712 bits per heavy atom. The van der Waals surface area contributed by atoms with Crippen LogP contribution in [0.3, 0.4) is 0 Å². The first-order chi connectivity index (χ1) is 24.0. The van der Waals surface area contributed by atoms with Gasteiger partial charge >= 0.3 is 6.09 Å². The predicted octanol–water partition coefficient (Wildman–Crippen LogP) is 3.25. The number of carbonyl (C=O) groups excluding carboxylic acids is 6. The number of thioether (sulfide) groups is 1. The number of rotatable bonds is 23. The topological polar surface area (TPSA) is 204 Å². The summed E-state index contributed by atoms with van der Waals surface area (Å²) in [6, 6.07) is -4.58. The monoisotopic (exact) mass is 758 g/mol. The maximum Gasteiger partial charge on any atom is 0.408 e. The van der Waals surface area contributed by atoms with E-state index < -0.39 is 78.1 Å². The van der Waals surface area contributed by atoms with Gasteiger partial charge < -0.3 is 41.7 Å². The maximum atomic E-state index is 13.7. The van der Waals surface area contributed by atoms with E-state index >= 15 is 0 Å². The molecule has 6 amide bonds. The third-order valence-corrected chi connectivity index (χ3v) is 8.76. The van der Waals surface area contributed by atoms with E-state index in [1.165, 1.54) is 11.8 Å². The molecule has 0 radical (unpaired) electrons. The lowest BCUT2D eigenvalue weighted by Crippen LogP contribution is -2.58. The fraction of sp³-hybridized carbons (Fsp3) is 0.838. The van der Waals surface area contributed by atoms with Crippen LogP contribution in [0, 0.1) is 23.7 Å². The summed E-state index contributed by atoms with van der Waals surface area (Å²) < 4.78 is 5.32. The van der Waals surface area contributed by atoms with Crippen molar-refractivity contribution in [3.05, 3.63) is 0 Å². The van der Waals surface area contributed by atoms with E-state index in [0.717, 1.165) is 12.8 Å². The zero-order valence-corrected chi connectivity index (χ0v) is 34.8. The summed E-state index contributed by atoms with van der Waals surface area (Å²) in [4.78, 5) is 78.9.